The van der Waals surface area contributed by atoms with Crippen molar-refractivity contribution < 1.29 is 19.1 Å². The van der Waals surface area contributed by atoms with E-state index >= 15 is 0 Å². The van der Waals surface area contributed by atoms with Crippen LogP contribution in [0.25, 0.3) is 6.08 Å². The van der Waals surface area contributed by atoms with E-state index in [1.165, 1.54) is 23.0 Å². The third-order valence-electron chi connectivity index (χ3n) is 6.55. The van der Waals surface area contributed by atoms with Gasteiger partial charge in [0.25, 0.3) is 5.56 Å². The predicted molar refractivity (Wildman–Crippen MR) is 153 cm³/mol. The van der Waals surface area contributed by atoms with Crippen LogP contribution >= 0.6 is 11.3 Å². The lowest BCUT2D eigenvalue weighted by Crippen LogP contribution is -2.40. The molecule has 2 aromatic carbocycles. The van der Waals surface area contributed by atoms with Crippen molar-refractivity contribution >= 4 is 35.0 Å². The summed E-state index contributed by atoms with van der Waals surface area (Å²) in [7, 11) is 1.32. The van der Waals surface area contributed by atoms with Crippen molar-refractivity contribution in [1.29, 1.82) is 0 Å². The quantitative estimate of drug-likeness (QED) is 0.399. The Morgan fingerprint density at radius 3 is 2.26 bits per heavy atom. The summed E-state index contributed by atoms with van der Waals surface area (Å²) in [5.41, 5.74) is 3.56. The van der Waals surface area contributed by atoms with Gasteiger partial charge >= 0.3 is 11.9 Å². The summed E-state index contributed by atoms with van der Waals surface area (Å²) in [4.78, 5) is 46.4. The Hall–Kier alpha value is -3.98. The monoisotopic (exact) mass is 547 g/mol. The highest BCUT2D eigenvalue weighted by Gasteiger charge is 2.34. The summed E-state index contributed by atoms with van der Waals surface area (Å²) in [6, 6.07) is 14.0. The number of hydrogen-bond donors (Lipinski definition) is 0. The lowest BCUT2D eigenvalue weighted by Gasteiger charge is -2.25. The number of thiazole rings is 1. The maximum absolute atomic E-state index is 13.8. The van der Waals surface area contributed by atoms with Crippen molar-refractivity contribution in [1.82, 2.24) is 4.57 Å². The number of allylic oxidation sites excluding steroid dienone is 1. The number of rotatable bonds is 8. The Kier molecular flexibility index (Phi) is 8.50. The molecule has 0 saturated carbocycles. The Morgan fingerprint density at radius 2 is 1.69 bits per heavy atom. The Morgan fingerprint density at radius 1 is 1.05 bits per heavy atom. The second-order valence-corrected chi connectivity index (χ2v) is 10.4. The third kappa shape index (κ3) is 5.73. The minimum absolute atomic E-state index is 0.254. The topological polar surface area (TPSA) is 90.2 Å². The molecule has 1 atom stereocenters. The van der Waals surface area contributed by atoms with Crippen molar-refractivity contribution in [3.63, 3.8) is 0 Å². The zero-order valence-corrected chi connectivity index (χ0v) is 23.9. The molecule has 0 N–H and O–H groups in total. The van der Waals surface area contributed by atoms with E-state index in [4.69, 9.17) is 9.47 Å². The minimum Gasteiger partial charge on any atom is -0.465 e. The molecule has 1 aromatic heterocycles. The third-order valence-corrected chi connectivity index (χ3v) is 7.53. The summed E-state index contributed by atoms with van der Waals surface area (Å²) in [6.07, 6.45) is 1.50. The number of benzene rings is 2. The average molecular weight is 548 g/mol. The largest absolute Gasteiger partial charge is 0.465 e. The van der Waals surface area contributed by atoms with Gasteiger partial charge < -0.3 is 14.4 Å². The number of ether oxygens (including phenoxy) is 2. The van der Waals surface area contributed by atoms with Gasteiger partial charge in [0.2, 0.25) is 0 Å². The van der Waals surface area contributed by atoms with Crippen LogP contribution in [0.2, 0.25) is 0 Å². The Bertz CT molecular complexity index is 1580. The number of fused-ring (bicyclic) bond motifs is 1. The smallest absolute Gasteiger partial charge is 0.338 e. The van der Waals surface area contributed by atoms with Gasteiger partial charge in [0.1, 0.15) is 0 Å². The molecule has 204 valence electrons. The molecule has 1 aliphatic rings. The molecule has 0 bridgehead atoms. The number of nitrogens with zero attached hydrogens (tertiary/aromatic N) is 3. The van der Waals surface area contributed by atoms with E-state index < -0.39 is 18.0 Å². The van der Waals surface area contributed by atoms with E-state index in [-0.39, 0.29) is 17.2 Å². The van der Waals surface area contributed by atoms with Crippen LogP contribution in [0.5, 0.6) is 0 Å². The molecular formula is C30H33N3O5S. The fourth-order valence-electron chi connectivity index (χ4n) is 4.62. The molecule has 3 aromatic rings. The number of carbonyl (C=O) groups excluding carboxylic acids is 2. The standard InChI is InChI=1S/C30H33N3O5S/c1-7-32(8-2)23-15-9-20(10-16-23)17-24-27(34)33-26(21-11-13-22(14-12-21)28(35)37-6)25(29(36)38-18(3)4)19(5)31-30(33)39-24/h9-18,26H,7-8H2,1-6H3. The van der Waals surface area contributed by atoms with Gasteiger partial charge in [0.15, 0.2) is 4.80 Å². The molecular weight excluding hydrogens is 514 g/mol. The molecule has 9 heteroatoms. The van der Waals surface area contributed by atoms with Crippen LogP contribution in [0.4, 0.5) is 5.69 Å². The number of aromatic nitrogens is 1. The van der Waals surface area contributed by atoms with Crippen LogP contribution in [0.1, 0.15) is 62.1 Å². The lowest BCUT2D eigenvalue weighted by molar-refractivity contribution is -0.143. The van der Waals surface area contributed by atoms with Crippen LogP contribution in [-0.4, -0.2) is 42.8 Å². The maximum atomic E-state index is 13.8. The molecule has 0 radical (unpaired) electrons. The Balaban J connectivity index is 1.85. The van der Waals surface area contributed by atoms with E-state index in [0.29, 0.717) is 26.2 Å². The number of methoxy groups -OCH3 is 1. The van der Waals surface area contributed by atoms with Gasteiger partial charge in [0.05, 0.1) is 40.6 Å². The van der Waals surface area contributed by atoms with Crippen molar-refractivity contribution in [2.45, 2.75) is 46.8 Å². The molecule has 0 amide bonds. The zero-order chi connectivity index (χ0) is 28.3. The summed E-state index contributed by atoms with van der Waals surface area (Å²) in [5, 5.41) is 0. The van der Waals surface area contributed by atoms with Crippen molar-refractivity contribution in [3.8, 4) is 0 Å². The summed E-state index contributed by atoms with van der Waals surface area (Å²) >= 11 is 1.28. The average Bonchev–Trinajstić information content (AvgIpc) is 3.22. The van der Waals surface area contributed by atoms with E-state index in [2.05, 4.69) is 23.7 Å². The highest BCUT2D eigenvalue weighted by atomic mass is 32.1. The van der Waals surface area contributed by atoms with Gasteiger partial charge in [-0.25, -0.2) is 14.6 Å². The number of esters is 2. The first kappa shape index (κ1) is 28.0. The fraction of sp³-hybridized carbons (Fsp3) is 0.333. The normalized spacial score (nSPS) is 15.2. The number of hydrogen-bond acceptors (Lipinski definition) is 8. The van der Waals surface area contributed by atoms with Crippen LogP contribution < -0.4 is 19.8 Å². The first-order chi connectivity index (χ1) is 18.7. The summed E-state index contributed by atoms with van der Waals surface area (Å²) in [6.45, 7) is 11.3. The second kappa shape index (κ2) is 11.8. The Labute approximate surface area is 231 Å². The summed E-state index contributed by atoms with van der Waals surface area (Å²) in [5.74, 6) is -1.00. The van der Waals surface area contributed by atoms with Gasteiger partial charge in [-0.05, 0) is 76.1 Å². The van der Waals surface area contributed by atoms with Gasteiger partial charge in [-0.15, -0.1) is 0 Å². The van der Waals surface area contributed by atoms with Crippen LogP contribution in [0, 0.1) is 0 Å². The first-order valence-electron chi connectivity index (χ1n) is 12.9. The number of carbonyl (C=O) groups is 2. The van der Waals surface area contributed by atoms with Crippen molar-refractivity contribution in [3.05, 3.63) is 96.2 Å². The fourth-order valence-corrected chi connectivity index (χ4v) is 5.66. The molecule has 0 spiro atoms. The SMILES string of the molecule is CCN(CC)c1ccc(C=c2sc3n(c2=O)C(c2ccc(C(=O)OC)cc2)C(C(=O)OC(C)C)=C(C)N=3)cc1. The van der Waals surface area contributed by atoms with E-state index in [9.17, 15) is 14.4 Å². The lowest BCUT2D eigenvalue weighted by atomic mass is 9.95. The van der Waals surface area contributed by atoms with Crippen molar-refractivity contribution in [2.75, 3.05) is 25.1 Å². The van der Waals surface area contributed by atoms with Crippen molar-refractivity contribution in [2.24, 2.45) is 4.99 Å². The van der Waals surface area contributed by atoms with Gasteiger partial charge in [0, 0.05) is 18.8 Å². The maximum Gasteiger partial charge on any atom is 0.338 e. The first-order valence-corrected chi connectivity index (χ1v) is 13.8. The predicted octanol–water partition coefficient (Wildman–Crippen LogP) is 3.82. The van der Waals surface area contributed by atoms with Gasteiger partial charge in [-0.1, -0.05) is 35.6 Å². The minimum atomic E-state index is -0.758. The number of anilines is 1. The zero-order valence-electron chi connectivity index (χ0n) is 23.1. The molecule has 0 fully saturated rings. The molecule has 4 rings (SSSR count). The van der Waals surface area contributed by atoms with E-state index in [1.807, 2.05) is 30.3 Å². The van der Waals surface area contributed by atoms with Crippen LogP contribution in [-0.2, 0) is 14.3 Å². The molecule has 1 aliphatic heterocycles. The summed E-state index contributed by atoms with van der Waals surface area (Å²) < 4.78 is 12.4. The molecule has 2 heterocycles. The van der Waals surface area contributed by atoms with E-state index in [0.717, 1.165) is 24.3 Å². The molecule has 0 saturated heterocycles. The molecule has 39 heavy (non-hydrogen) atoms. The van der Waals surface area contributed by atoms with Crippen LogP contribution in [0.3, 0.4) is 0 Å². The van der Waals surface area contributed by atoms with Gasteiger partial charge in [-0.2, -0.15) is 0 Å². The highest BCUT2D eigenvalue weighted by Crippen LogP contribution is 2.31. The highest BCUT2D eigenvalue weighted by molar-refractivity contribution is 7.07. The van der Waals surface area contributed by atoms with Gasteiger partial charge in [-0.3, -0.25) is 9.36 Å². The molecule has 1 unspecified atom stereocenters. The molecule has 8 nitrogen and oxygen atoms in total. The van der Waals surface area contributed by atoms with Crippen LogP contribution in [0.15, 0.2) is 69.6 Å². The second-order valence-electron chi connectivity index (χ2n) is 9.41. The molecule has 0 aliphatic carbocycles. The van der Waals surface area contributed by atoms with E-state index in [1.54, 1.807) is 45.0 Å².